The summed E-state index contributed by atoms with van der Waals surface area (Å²) in [5.41, 5.74) is 0.369. The second kappa shape index (κ2) is 5.44. The molecule has 2 aromatic rings. The van der Waals surface area contributed by atoms with Gasteiger partial charge in [0.15, 0.2) is 0 Å². The number of carboxylic acids is 1. The molecule has 0 fully saturated rings. The van der Waals surface area contributed by atoms with Crippen molar-refractivity contribution in [2.45, 2.75) is 26.4 Å². The Morgan fingerprint density at radius 1 is 1.10 bits per heavy atom. The lowest BCUT2D eigenvalue weighted by Gasteiger charge is -2.20. The lowest BCUT2D eigenvalue weighted by atomic mass is 10.1. The molecule has 0 atom stereocenters. The molecule has 0 radical (unpaired) electrons. The summed E-state index contributed by atoms with van der Waals surface area (Å²) in [5.74, 6) is -1.09. The van der Waals surface area contributed by atoms with Crippen molar-refractivity contribution in [2.75, 3.05) is 0 Å². The molecule has 1 aromatic heterocycles. The maximum atomic E-state index is 12.2. The molecule has 0 bridgehead atoms. The highest BCUT2D eigenvalue weighted by atomic mass is 16.6. The van der Waals surface area contributed by atoms with Crippen molar-refractivity contribution >= 4 is 12.1 Å². The van der Waals surface area contributed by atoms with Crippen molar-refractivity contribution in [3.63, 3.8) is 0 Å². The van der Waals surface area contributed by atoms with Crippen LogP contribution in [0.5, 0.6) is 0 Å². The number of aromatic nitrogens is 1. The first-order valence-corrected chi connectivity index (χ1v) is 6.53. The van der Waals surface area contributed by atoms with Crippen LogP contribution in [0.25, 0.3) is 11.3 Å². The summed E-state index contributed by atoms with van der Waals surface area (Å²) in [6, 6.07) is 10.3. The fourth-order valence-electron chi connectivity index (χ4n) is 1.96. The molecule has 1 N–H and O–H groups in total. The molecule has 0 aliphatic carbocycles. The van der Waals surface area contributed by atoms with Gasteiger partial charge in [-0.2, -0.15) is 0 Å². The number of hydrogen-bond donors (Lipinski definition) is 1. The Hall–Kier alpha value is -2.56. The molecule has 0 amide bonds. The summed E-state index contributed by atoms with van der Waals surface area (Å²) >= 11 is 0. The van der Waals surface area contributed by atoms with Crippen LogP contribution in [-0.2, 0) is 4.74 Å². The molecule has 1 aromatic carbocycles. The van der Waals surface area contributed by atoms with Crippen LogP contribution in [0.4, 0.5) is 4.79 Å². The largest absolute Gasteiger partial charge is 0.478 e. The van der Waals surface area contributed by atoms with Crippen molar-refractivity contribution in [1.29, 1.82) is 0 Å². The Labute approximate surface area is 122 Å². The molecular weight excluding hydrogens is 270 g/mol. The van der Waals surface area contributed by atoms with Gasteiger partial charge in [0, 0.05) is 6.20 Å². The van der Waals surface area contributed by atoms with E-state index in [9.17, 15) is 14.7 Å². The number of aromatic carboxylic acids is 1. The van der Waals surface area contributed by atoms with E-state index in [4.69, 9.17) is 4.74 Å². The van der Waals surface area contributed by atoms with Crippen molar-refractivity contribution in [1.82, 2.24) is 4.57 Å². The maximum Gasteiger partial charge on any atom is 0.419 e. The lowest BCUT2D eigenvalue weighted by molar-refractivity contribution is 0.0540. The molecule has 110 valence electrons. The normalized spacial score (nSPS) is 11.2. The second-order valence-electron chi connectivity index (χ2n) is 5.60. The molecule has 21 heavy (non-hydrogen) atoms. The van der Waals surface area contributed by atoms with Gasteiger partial charge < -0.3 is 9.84 Å². The molecule has 2 rings (SSSR count). The SMILES string of the molecule is CC(C)(C)OC(=O)n1ccc(C(=O)O)c1-c1ccccc1. The predicted octanol–water partition coefficient (Wildman–Crippen LogP) is 3.64. The highest BCUT2D eigenvalue weighted by Crippen LogP contribution is 2.26. The van der Waals surface area contributed by atoms with E-state index < -0.39 is 17.7 Å². The number of nitrogens with zero attached hydrogens (tertiary/aromatic N) is 1. The minimum Gasteiger partial charge on any atom is -0.478 e. The van der Waals surface area contributed by atoms with Crippen LogP contribution in [0, 0.1) is 0 Å². The third-order valence-electron chi connectivity index (χ3n) is 2.75. The molecule has 0 aliphatic rings. The van der Waals surface area contributed by atoms with Crippen LogP contribution < -0.4 is 0 Å². The van der Waals surface area contributed by atoms with Crippen molar-refractivity contribution in [3.8, 4) is 11.3 Å². The average Bonchev–Trinajstić information content (AvgIpc) is 2.82. The van der Waals surface area contributed by atoms with Gasteiger partial charge in [0.1, 0.15) is 5.60 Å². The summed E-state index contributed by atoms with van der Waals surface area (Å²) in [5, 5.41) is 9.29. The minimum absolute atomic E-state index is 0.0621. The Balaban J connectivity index is 2.53. The molecule has 0 spiro atoms. The molecule has 0 unspecified atom stereocenters. The van der Waals surface area contributed by atoms with E-state index in [1.165, 1.54) is 16.8 Å². The first-order valence-electron chi connectivity index (χ1n) is 6.53. The molecule has 5 nitrogen and oxygen atoms in total. The third kappa shape index (κ3) is 3.31. The van der Waals surface area contributed by atoms with Gasteiger partial charge in [-0.3, -0.25) is 4.57 Å². The van der Waals surface area contributed by atoms with Crippen LogP contribution in [0.2, 0.25) is 0 Å². The van der Waals surface area contributed by atoms with E-state index >= 15 is 0 Å². The Morgan fingerprint density at radius 2 is 1.71 bits per heavy atom. The summed E-state index contributed by atoms with van der Waals surface area (Å²) in [6.07, 6.45) is 0.814. The van der Waals surface area contributed by atoms with Gasteiger partial charge in [-0.1, -0.05) is 30.3 Å². The zero-order valence-electron chi connectivity index (χ0n) is 12.2. The van der Waals surface area contributed by atoms with E-state index in [0.29, 0.717) is 11.3 Å². The van der Waals surface area contributed by atoms with Gasteiger partial charge >= 0.3 is 12.1 Å². The predicted molar refractivity (Wildman–Crippen MR) is 78.5 cm³/mol. The maximum absolute atomic E-state index is 12.2. The van der Waals surface area contributed by atoms with Crippen LogP contribution in [-0.4, -0.2) is 27.3 Å². The van der Waals surface area contributed by atoms with Gasteiger partial charge in [-0.15, -0.1) is 0 Å². The van der Waals surface area contributed by atoms with E-state index in [0.717, 1.165) is 0 Å². The number of carbonyl (C=O) groups is 2. The topological polar surface area (TPSA) is 68.5 Å². The molecular formula is C16H17NO4. The lowest BCUT2D eigenvalue weighted by Crippen LogP contribution is -2.27. The van der Waals surface area contributed by atoms with Gasteiger partial charge in [0.2, 0.25) is 0 Å². The van der Waals surface area contributed by atoms with Crippen LogP contribution >= 0.6 is 0 Å². The molecule has 1 heterocycles. The smallest absolute Gasteiger partial charge is 0.419 e. The Morgan fingerprint density at radius 3 is 2.24 bits per heavy atom. The zero-order chi connectivity index (χ0) is 15.6. The van der Waals surface area contributed by atoms with Gasteiger partial charge in [0.25, 0.3) is 0 Å². The zero-order valence-corrected chi connectivity index (χ0v) is 12.2. The molecule has 0 saturated carbocycles. The monoisotopic (exact) mass is 287 g/mol. The quantitative estimate of drug-likeness (QED) is 0.915. The van der Waals surface area contributed by atoms with E-state index in [-0.39, 0.29) is 5.56 Å². The number of benzene rings is 1. The molecule has 5 heteroatoms. The minimum atomic E-state index is -1.09. The number of carboxylic acid groups (broad SMARTS) is 1. The summed E-state index contributed by atoms with van der Waals surface area (Å²) in [4.78, 5) is 23.6. The van der Waals surface area contributed by atoms with Crippen molar-refractivity contribution < 1.29 is 19.4 Å². The second-order valence-corrected chi connectivity index (χ2v) is 5.60. The number of rotatable bonds is 2. The first kappa shape index (κ1) is 14.8. The van der Waals surface area contributed by atoms with Gasteiger partial charge in [-0.25, -0.2) is 9.59 Å². The fourth-order valence-corrected chi connectivity index (χ4v) is 1.96. The highest BCUT2D eigenvalue weighted by molar-refractivity contribution is 5.97. The van der Waals surface area contributed by atoms with E-state index in [1.807, 2.05) is 6.07 Å². The first-order chi connectivity index (χ1) is 9.79. The number of ether oxygens (including phenoxy) is 1. The number of carbonyl (C=O) groups excluding carboxylic acids is 1. The van der Waals surface area contributed by atoms with Gasteiger partial charge in [0.05, 0.1) is 11.3 Å². The summed E-state index contributed by atoms with van der Waals surface area (Å²) in [7, 11) is 0. The Kier molecular flexibility index (Phi) is 3.84. The van der Waals surface area contributed by atoms with E-state index in [1.54, 1.807) is 45.0 Å². The van der Waals surface area contributed by atoms with Crippen LogP contribution in [0.3, 0.4) is 0 Å². The standard InChI is InChI=1S/C16H17NO4/c1-16(2,3)21-15(20)17-10-9-12(14(18)19)13(17)11-7-5-4-6-8-11/h4-10H,1-3H3,(H,18,19). The summed E-state index contributed by atoms with van der Waals surface area (Å²) in [6.45, 7) is 5.28. The number of hydrogen-bond acceptors (Lipinski definition) is 3. The average molecular weight is 287 g/mol. The molecule has 0 saturated heterocycles. The fraction of sp³-hybridized carbons (Fsp3) is 0.250. The molecule has 0 aliphatic heterocycles. The van der Waals surface area contributed by atoms with Crippen molar-refractivity contribution in [2.24, 2.45) is 0 Å². The van der Waals surface area contributed by atoms with Crippen LogP contribution in [0.15, 0.2) is 42.6 Å². The Bertz CT molecular complexity index is 665. The van der Waals surface area contributed by atoms with Crippen LogP contribution in [0.1, 0.15) is 31.1 Å². The van der Waals surface area contributed by atoms with Gasteiger partial charge in [-0.05, 0) is 32.4 Å². The summed E-state index contributed by atoms with van der Waals surface area (Å²) < 4.78 is 6.54. The van der Waals surface area contributed by atoms with E-state index in [2.05, 4.69) is 0 Å². The van der Waals surface area contributed by atoms with Crippen molar-refractivity contribution in [3.05, 3.63) is 48.2 Å². The highest BCUT2D eigenvalue weighted by Gasteiger charge is 2.24. The third-order valence-corrected chi connectivity index (χ3v) is 2.75.